The highest BCUT2D eigenvalue weighted by Crippen LogP contribution is 2.33. The van der Waals surface area contributed by atoms with Crippen LogP contribution in [0.2, 0.25) is 5.02 Å². The lowest BCUT2D eigenvalue weighted by atomic mass is 10.2. The Balaban J connectivity index is 3.01. The predicted octanol–water partition coefficient (Wildman–Crippen LogP) is 1.41. The van der Waals surface area contributed by atoms with E-state index in [1.54, 1.807) is 12.1 Å². The summed E-state index contributed by atoms with van der Waals surface area (Å²) in [6, 6.07) is 3.37. The first-order valence-corrected chi connectivity index (χ1v) is 8.71. The number of rotatable bonds is 7. The first-order chi connectivity index (χ1) is 10.6. The number of hydrogen-bond donors (Lipinski definition) is 1. The highest BCUT2D eigenvalue weighted by Gasteiger charge is 2.19. The molecule has 0 saturated carbocycles. The second kappa shape index (κ2) is 7.96. The second-order valence-electron chi connectivity index (χ2n) is 5.13. The van der Waals surface area contributed by atoms with Crippen molar-refractivity contribution in [3.05, 3.63) is 22.7 Å². The molecule has 1 rings (SSSR count). The summed E-state index contributed by atoms with van der Waals surface area (Å²) in [5.41, 5.74) is 1.34. The third kappa shape index (κ3) is 5.07. The van der Waals surface area contributed by atoms with E-state index < -0.39 is 10.2 Å². The average molecular weight is 364 g/mol. The smallest absolute Gasteiger partial charge is 0.278 e. The molecular weight excluding hydrogens is 342 g/mol. The Labute approximate surface area is 142 Å². The monoisotopic (exact) mass is 363 g/mol. The van der Waals surface area contributed by atoms with Gasteiger partial charge in [0.05, 0.1) is 12.8 Å². The number of benzene rings is 1. The Morgan fingerprint density at radius 1 is 1.35 bits per heavy atom. The second-order valence-corrected chi connectivity index (χ2v) is 7.50. The molecule has 1 aromatic carbocycles. The molecule has 0 aliphatic heterocycles. The molecule has 9 heteroatoms. The van der Waals surface area contributed by atoms with Crippen LogP contribution in [-0.4, -0.2) is 52.9 Å². The SMILES string of the molecule is COc1cc(Cl)c(C)cc1N(CCNS(=O)(=O)N(C)C)C(C)=O. The van der Waals surface area contributed by atoms with Gasteiger partial charge in [-0.2, -0.15) is 12.7 Å². The molecule has 0 unspecified atom stereocenters. The summed E-state index contributed by atoms with van der Waals surface area (Å²) in [6.07, 6.45) is 0. The number of methoxy groups -OCH3 is 1. The Morgan fingerprint density at radius 2 is 1.96 bits per heavy atom. The summed E-state index contributed by atoms with van der Waals surface area (Å²) < 4.78 is 32.2. The molecule has 0 aliphatic carbocycles. The van der Waals surface area contributed by atoms with Gasteiger partial charge in [0.15, 0.2) is 0 Å². The lowest BCUT2D eigenvalue weighted by Gasteiger charge is -2.24. The molecule has 0 atom stereocenters. The van der Waals surface area contributed by atoms with E-state index in [4.69, 9.17) is 16.3 Å². The van der Waals surface area contributed by atoms with Gasteiger partial charge in [0, 0.05) is 45.2 Å². The average Bonchev–Trinajstić information content (AvgIpc) is 2.45. The Bertz CT molecular complexity index is 677. The zero-order valence-electron chi connectivity index (χ0n) is 13.9. The van der Waals surface area contributed by atoms with Gasteiger partial charge >= 0.3 is 0 Å². The molecule has 1 aromatic rings. The largest absolute Gasteiger partial charge is 0.495 e. The lowest BCUT2D eigenvalue weighted by molar-refractivity contribution is -0.116. The molecule has 0 saturated heterocycles. The van der Waals surface area contributed by atoms with E-state index >= 15 is 0 Å². The Morgan fingerprint density at radius 3 is 2.43 bits per heavy atom. The summed E-state index contributed by atoms with van der Waals surface area (Å²) in [5.74, 6) is 0.223. The van der Waals surface area contributed by atoms with Gasteiger partial charge in [-0.3, -0.25) is 4.79 Å². The lowest BCUT2D eigenvalue weighted by Crippen LogP contribution is -2.41. The van der Waals surface area contributed by atoms with Crippen molar-refractivity contribution in [2.45, 2.75) is 13.8 Å². The van der Waals surface area contributed by atoms with Crippen molar-refractivity contribution < 1.29 is 17.9 Å². The minimum Gasteiger partial charge on any atom is -0.495 e. The third-order valence-corrected chi connectivity index (χ3v) is 5.17. The minimum absolute atomic E-state index is 0.0743. The van der Waals surface area contributed by atoms with Crippen LogP contribution in [0.5, 0.6) is 5.75 Å². The maximum absolute atomic E-state index is 11.9. The summed E-state index contributed by atoms with van der Waals surface area (Å²) in [5, 5.41) is 0.530. The number of nitrogens with zero attached hydrogens (tertiary/aromatic N) is 2. The molecule has 7 nitrogen and oxygen atoms in total. The van der Waals surface area contributed by atoms with Crippen LogP contribution in [0.1, 0.15) is 12.5 Å². The van der Waals surface area contributed by atoms with E-state index in [0.29, 0.717) is 16.5 Å². The van der Waals surface area contributed by atoms with Crippen molar-refractivity contribution in [2.24, 2.45) is 0 Å². The van der Waals surface area contributed by atoms with Crippen LogP contribution in [0.25, 0.3) is 0 Å². The van der Waals surface area contributed by atoms with Crippen LogP contribution < -0.4 is 14.4 Å². The van der Waals surface area contributed by atoms with E-state index in [9.17, 15) is 13.2 Å². The van der Waals surface area contributed by atoms with Gasteiger partial charge in [-0.05, 0) is 18.6 Å². The van der Waals surface area contributed by atoms with Crippen molar-refractivity contribution in [1.82, 2.24) is 9.03 Å². The number of aryl methyl sites for hydroxylation is 1. The number of carbonyl (C=O) groups is 1. The molecule has 0 radical (unpaired) electrons. The normalized spacial score (nSPS) is 11.6. The molecule has 0 fully saturated rings. The van der Waals surface area contributed by atoms with Crippen molar-refractivity contribution >= 4 is 33.4 Å². The number of nitrogens with one attached hydrogen (secondary N) is 1. The van der Waals surface area contributed by atoms with Gasteiger partial charge in [-0.15, -0.1) is 0 Å². The fraction of sp³-hybridized carbons (Fsp3) is 0.500. The molecule has 0 aromatic heterocycles. The number of hydrogen-bond acceptors (Lipinski definition) is 4. The molecule has 0 heterocycles. The highest BCUT2D eigenvalue weighted by molar-refractivity contribution is 7.87. The molecule has 1 N–H and O–H groups in total. The molecule has 0 spiro atoms. The Kier molecular flexibility index (Phi) is 6.82. The van der Waals surface area contributed by atoms with E-state index in [2.05, 4.69) is 4.72 Å². The number of carbonyl (C=O) groups excluding carboxylic acids is 1. The fourth-order valence-corrected chi connectivity index (χ4v) is 2.65. The molecule has 0 aliphatic rings. The van der Waals surface area contributed by atoms with Gasteiger partial charge < -0.3 is 9.64 Å². The third-order valence-electron chi connectivity index (χ3n) is 3.23. The van der Waals surface area contributed by atoms with Gasteiger partial charge in [-0.1, -0.05) is 11.6 Å². The van der Waals surface area contributed by atoms with Gasteiger partial charge in [-0.25, -0.2) is 4.72 Å². The van der Waals surface area contributed by atoms with E-state index in [1.807, 2.05) is 6.92 Å². The van der Waals surface area contributed by atoms with Gasteiger partial charge in [0.2, 0.25) is 5.91 Å². The van der Waals surface area contributed by atoms with Crippen LogP contribution in [0, 0.1) is 6.92 Å². The molecule has 1 amide bonds. The summed E-state index contributed by atoms with van der Waals surface area (Å²) >= 11 is 6.07. The summed E-state index contributed by atoms with van der Waals surface area (Å²) in [4.78, 5) is 13.4. The first kappa shape index (κ1) is 19.7. The minimum atomic E-state index is -3.54. The number of amides is 1. The number of anilines is 1. The van der Waals surface area contributed by atoms with Crippen molar-refractivity contribution in [1.29, 1.82) is 0 Å². The zero-order chi connectivity index (χ0) is 17.8. The van der Waals surface area contributed by atoms with Gasteiger partial charge in [0.25, 0.3) is 10.2 Å². The predicted molar refractivity (Wildman–Crippen MR) is 91.4 cm³/mol. The van der Waals surface area contributed by atoms with Crippen LogP contribution in [0.4, 0.5) is 5.69 Å². The standard InChI is InChI=1S/C14H22ClN3O4S/c1-10-8-13(14(22-5)9-12(10)15)18(11(2)19)7-6-16-23(20,21)17(3)4/h8-9,16H,6-7H2,1-5H3. The zero-order valence-corrected chi connectivity index (χ0v) is 15.5. The van der Waals surface area contributed by atoms with Crippen LogP contribution >= 0.6 is 11.6 Å². The topological polar surface area (TPSA) is 79.0 Å². The van der Waals surface area contributed by atoms with E-state index in [-0.39, 0.29) is 19.0 Å². The highest BCUT2D eigenvalue weighted by atomic mass is 35.5. The van der Waals surface area contributed by atoms with Gasteiger partial charge in [0.1, 0.15) is 5.75 Å². The van der Waals surface area contributed by atoms with E-state index in [1.165, 1.54) is 33.0 Å². The van der Waals surface area contributed by atoms with Crippen LogP contribution in [0.15, 0.2) is 12.1 Å². The van der Waals surface area contributed by atoms with Crippen LogP contribution in [0.3, 0.4) is 0 Å². The van der Waals surface area contributed by atoms with Crippen LogP contribution in [-0.2, 0) is 15.0 Å². The van der Waals surface area contributed by atoms with E-state index in [0.717, 1.165) is 9.87 Å². The molecule has 0 bridgehead atoms. The van der Waals surface area contributed by atoms with Crippen molar-refractivity contribution in [2.75, 3.05) is 39.2 Å². The number of halogens is 1. The maximum atomic E-state index is 11.9. The van der Waals surface area contributed by atoms with Crippen molar-refractivity contribution in [3.8, 4) is 5.75 Å². The fourth-order valence-electron chi connectivity index (χ4n) is 1.89. The molecular formula is C14H22ClN3O4S. The summed E-state index contributed by atoms with van der Waals surface area (Å²) in [7, 11) is 0.799. The van der Waals surface area contributed by atoms with Crippen molar-refractivity contribution in [3.63, 3.8) is 0 Å². The number of ether oxygens (including phenoxy) is 1. The molecule has 130 valence electrons. The Hall–Kier alpha value is -1.35. The quantitative estimate of drug-likeness (QED) is 0.794. The first-order valence-electron chi connectivity index (χ1n) is 6.89. The summed E-state index contributed by atoms with van der Waals surface area (Å²) in [6.45, 7) is 3.47. The maximum Gasteiger partial charge on any atom is 0.278 e. The molecule has 23 heavy (non-hydrogen) atoms.